The second kappa shape index (κ2) is 6.72. The highest BCUT2D eigenvalue weighted by atomic mass is 16.4. The Balaban J connectivity index is 1.69. The number of carbonyl (C=O) groups excluding carboxylic acids is 2. The van der Waals surface area contributed by atoms with Gasteiger partial charge in [-0.15, -0.1) is 0 Å². The third-order valence-corrected chi connectivity index (χ3v) is 5.96. The van der Waals surface area contributed by atoms with Gasteiger partial charge in [-0.25, -0.2) is 4.79 Å². The molecule has 2 aromatic rings. The van der Waals surface area contributed by atoms with E-state index in [0.29, 0.717) is 34.7 Å². The van der Waals surface area contributed by atoms with Crippen LogP contribution in [0.25, 0.3) is 10.9 Å². The number of likely N-dealkylation sites (tertiary alicyclic amines) is 1. The summed E-state index contributed by atoms with van der Waals surface area (Å²) in [6, 6.07) is 4.67. The zero-order chi connectivity index (χ0) is 21.0. The van der Waals surface area contributed by atoms with E-state index in [0.717, 1.165) is 11.9 Å². The van der Waals surface area contributed by atoms with Crippen LogP contribution in [0.4, 0.5) is 0 Å². The van der Waals surface area contributed by atoms with E-state index >= 15 is 0 Å². The van der Waals surface area contributed by atoms with Gasteiger partial charge in [-0.2, -0.15) is 0 Å². The van der Waals surface area contributed by atoms with Gasteiger partial charge >= 0.3 is 5.97 Å². The monoisotopic (exact) mass is 396 g/mol. The van der Waals surface area contributed by atoms with Crippen LogP contribution < -0.4 is 0 Å². The van der Waals surface area contributed by atoms with E-state index in [2.05, 4.69) is 0 Å². The quantitative estimate of drug-likeness (QED) is 0.455. The maximum Gasteiger partial charge on any atom is 0.326 e. The van der Waals surface area contributed by atoms with Crippen molar-refractivity contribution in [1.82, 2.24) is 14.4 Å². The molecule has 1 amide bonds. The number of nitrogens with zero attached hydrogens (tertiary/aromatic N) is 3. The second-order valence-electron chi connectivity index (χ2n) is 8.16. The van der Waals surface area contributed by atoms with E-state index in [1.54, 1.807) is 48.0 Å². The van der Waals surface area contributed by atoms with Gasteiger partial charge in [0.25, 0.3) is 0 Å². The molecule has 1 aliphatic carbocycles. The summed E-state index contributed by atoms with van der Waals surface area (Å²) in [5, 5.41) is 18.3. The molecule has 8 heteroatoms. The molecule has 0 unspecified atom stereocenters. The Bertz CT molecular complexity index is 1050. The lowest BCUT2D eigenvalue weighted by molar-refractivity contribution is -0.149. The average Bonchev–Trinajstić information content (AvgIpc) is 3.17. The standard InChI is InChI=1S/C21H24N4O4/c1-11(26)15-9-24(16-5-4-12(6-14(15)16)20(22)23(2)3)10-19(27)25-17-7-13(17)8-18(25)21(28)29/h4-6,9,13,17-18,22H,7-8,10H2,1-3H3,(H,28,29)/t13-,17-,18+/m1/s1. The van der Waals surface area contributed by atoms with Gasteiger partial charge in [0.2, 0.25) is 5.91 Å². The number of carbonyl (C=O) groups is 3. The fraction of sp³-hybridized carbons (Fsp3) is 0.429. The number of carboxylic acid groups (broad SMARTS) is 1. The number of nitrogens with one attached hydrogen (secondary N) is 1. The number of fused-ring (bicyclic) bond motifs is 2. The van der Waals surface area contributed by atoms with Gasteiger partial charge in [0.05, 0.1) is 0 Å². The fourth-order valence-electron chi connectivity index (χ4n) is 4.38. The SMILES string of the molecule is CC(=O)c1cn(CC(=O)N2[C@@H]3C[C@@H]3C[C@H]2C(=O)O)c2ccc(C(=N)N(C)C)cc12. The number of aliphatic carboxylic acids is 1. The molecule has 8 nitrogen and oxygen atoms in total. The number of rotatable bonds is 5. The third kappa shape index (κ3) is 3.18. The van der Waals surface area contributed by atoms with Gasteiger partial charge in [-0.3, -0.25) is 15.0 Å². The molecular formula is C21H24N4O4. The van der Waals surface area contributed by atoms with Crippen molar-refractivity contribution >= 4 is 34.4 Å². The number of aromatic nitrogens is 1. The number of carboxylic acids is 1. The summed E-state index contributed by atoms with van der Waals surface area (Å²) in [6.07, 6.45) is 3.05. The Morgan fingerprint density at radius 3 is 2.59 bits per heavy atom. The van der Waals surface area contributed by atoms with E-state index in [4.69, 9.17) is 5.41 Å². The first-order chi connectivity index (χ1) is 13.7. The molecule has 3 atom stereocenters. The number of benzene rings is 1. The maximum atomic E-state index is 13.0. The van der Waals surface area contributed by atoms with Gasteiger partial charge in [-0.05, 0) is 43.9 Å². The summed E-state index contributed by atoms with van der Waals surface area (Å²) in [6.45, 7) is 1.46. The minimum atomic E-state index is -0.959. The summed E-state index contributed by atoms with van der Waals surface area (Å²) >= 11 is 0. The highest BCUT2D eigenvalue weighted by Gasteiger charge is 2.56. The topological polar surface area (TPSA) is 107 Å². The van der Waals surface area contributed by atoms with Gasteiger partial charge < -0.3 is 19.5 Å². The zero-order valence-corrected chi connectivity index (χ0v) is 16.7. The molecule has 0 bridgehead atoms. The summed E-state index contributed by atoms with van der Waals surface area (Å²) < 4.78 is 1.71. The van der Waals surface area contributed by atoms with Crippen molar-refractivity contribution in [2.45, 2.75) is 38.4 Å². The van der Waals surface area contributed by atoms with Crippen molar-refractivity contribution in [1.29, 1.82) is 5.41 Å². The van der Waals surface area contributed by atoms with Crippen molar-refractivity contribution in [3.8, 4) is 0 Å². The second-order valence-corrected chi connectivity index (χ2v) is 8.16. The molecule has 29 heavy (non-hydrogen) atoms. The van der Waals surface area contributed by atoms with Crippen LogP contribution in [0.3, 0.4) is 0 Å². The number of amidine groups is 1. The summed E-state index contributed by atoms with van der Waals surface area (Å²) in [5.74, 6) is -0.694. The van der Waals surface area contributed by atoms with Crippen molar-refractivity contribution in [3.63, 3.8) is 0 Å². The van der Waals surface area contributed by atoms with Crippen LogP contribution in [-0.2, 0) is 16.1 Å². The summed E-state index contributed by atoms with van der Waals surface area (Å²) in [5.41, 5.74) is 1.89. The molecular weight excluding hydrogens is 372 g/mol. The third-order valence-electron chi connectivity index (χ3n) is 5.96. The normalized spacial score (nSPS) is 22.4. The molecule has 1 aliphatic heterocycles. The molecule has 0 spiro atoms. The number of hydrogen-bond acceptors (Lipinski definition) is 4. The lowest BCUT2D eigenvalue weighted by Gasteiger charge is -2.25. The summed E-state index contributed by atoms with van der Waals surface area (Å²) in [4.78, 5) is 39.9. The Hall–Kier alpha value is -3.16. The van der Waals surface area contributed by atoms with E-state index in [1.165, 1.54) is 11.8 Å². The minimum Gasteiger partial charge on any atom is -0.480 e. The smallest absolute Gasteiger partial charge is 0.326 e. The fourth-order valence-corrected chi connectivity index (χ4v) is 4.38. The van der Waals surface area contributed by atoms with Crippen LogP contribution in [0.5, 0.6) is 0 Å². The van der Waals surface area contributed by atoms with Gasteiger partial charge in [0.1, 0.15) is 18.4 Å². The lowest BCUT2D eigenvalue weighted by Crippen LogP contribution is -2.44. The Morgan fingerprint density at radius 1 is 1.24 bits per heavy atom. The van der Waals surface area contributed by atoms with E-state index in [-0.39, 0.29) is 24.3 Å². The zero-order valence-electron chi connectivity index (χ0n) is 16.7. The molecule has 2 fully saturated rings. The van der Waals surface area contributed by atoms with Crippen LogP contribution >= 0.6 is 0 Å². The molecule has 152 valence electrons. The number of amides is 1. The van der Waals surface area contributed by atoms with Crippen molar-refractivity contribution in [3.05, 3.63) is 35.5 Å². The summed E-state index contributed by atoms with van der Waals surface area (Å²) in [7, 11) is 3.56. The number of piperidine rings is 1. The molecule has 2 N–H and O–H groups in total. The predicted octanol–water partition coefficient (Wildman–Crippen LogP) is 1.80. The molecule has 1 saturated carbocycles. The van der Waals surface area contributed by atoms with Gasteiger partial charge in [-0.1, -0.05) is 0 Å². The molecule has 2 heterocycles. The van der Waals surface area contributed by atoms with Crippen molar-refractivity contribution in [2.24, 2.45) is 5.92 Å². The van der Waals surface area contributed by atoms with Gasteiger partial charge in [0.15, 0.2) is 5.78 Å². The molecule has 0 radical (unpaired) electrons. The number of hydrogen-bond donors (Lipinski definition) is 2. The largest absolute Gasteiger partial charge is 0.480 e. The molecule has 4 rings (SSSR count). The van der Waals surface area contributed by atoms with E-state index < -0.39 is 12.0 Å². The Labute approximate surface area is 168 Å². The molecule has 1 aromatic heterocycles. The predicted molar refractivity (Wildman–Crippen MR) is 107 cm³/mol. The Morgan fingerprint density at radius 2 is 1.97 bits per heavy atom. The van der Waals surface area contributed by atoms with Crippen LogP contribution in [-0.4, -0.2) is 69.1 Å². The first-order valence-electron chi connectivity index (χ1n) is 9.63. The minimum absolute atomic E-state index is 0.0126. The number of Topliss-reactive ketones (excluding diaryl/α,β-unsaturated/α-hetero) is 1. The highest BCUT2D eigenvalue weighted by Crippen LogP contribution is 2.48. The van der Waals surface area contributed by atoms with E-state index in [1.807, 2.05) is 0 Å². The first-order valence-corrected chi connectivity index (χ1v) is 9.63. The van der Waals surface area contributed by atoms with Crippen molar-refractivity contribution in [2.75, 3.05) is 14.1 Å². The van der Waals surface area contributed by atoms with Gasteiger partial charge in [0, 0.05) is 48.4 Å². The molecule has 2 aliphatic rings. The van der Waals surface area contributed by atoms with E-state index in [9.17, 15) is 19.5 Å². The molecule has 1 aromatic carbocycles. The molecule has 1 saturated heterocycles. The average molecular weight is 396 g/mol. The van der Waals surface area contributed by atoms with Crippen LogP contribution in [0.2, 0.25) is 0 Å². The van der Waals surface area contributed by atoms with Crippen LogP contribution in [0, 0.1) is 11.3 Å². The Kier molecular flexibility index (Phi) is 4.44. The number of ketones is 1. The first kappa shape index (κ1) is 19.2. The van der Waals surface area contributed by atoms with Crippen LogP contribution in [0.15, 0.2) is 24.4 Å². The maximum absolute atomic E-state index is 13.0. The van der Waals surface area contributed by atoms with Crippen LogP contribution in [0.1, 0.15) is 35.7 Å². The highest BCUT2D eigenvalue weighted by molar-refractivity contribution is 6.09. The van der Waals surface area contributed by atoms with Crippen molar-refractivity contribution < 1.29 is 19.5 Å². The lowest BCUT2D eigenvalue weighted by atomic mass is 10.1.